The zero-order valence-electron chi connectivity index (χ0n) is 10.8. The van der Waals surface area contributed by atoms with Crippen LogP contribution in [0, 0.1) is 5.82 Å². The molecule has 19 heavy (non-hydrogen) atoms. The third-order valence-electron chi connectivity index (χ3n) is 2.41. The average molecular weight is 284 g/mol. The van der Waals surface area contributed by atoms with Crippen LogP contribution in [-0.2, 0) is 15.3 Å². The van der Waals surface area contributed by atoms with Gasteiger partial charge in [0.15, 0.2) is 0 Å². The van der Waals surface area contributed by atoms with Gasteiger partial charge in [-0.2, -0.15) is 11.8 Å². The minimum atomic E-state index is -1.04. The summed E-state index contributed by atoms with van der Waals surface area (Å²) in [5, 5.41) is 8.61. The van der Waals surface area contributed by atoms with E-state index in [0.29, 0.717) is 5.56 Å². The molecule has 104 valence electrons. The van der Waals surface area contributed by atoms with E-state index in [-0.39, 0.29) is 5.82 Å². The second kappa shape index (κ2) is 8.72. The summed E-state index contributed by atoms with van der Waals surface area (Å²) >= 11 is 1.72. The van der Waals surface area contributed by atoms with E-state index in [2.05, 4.69) is 0 Å². The number of thioether (sulfide) groups is 1. The first kappa shape index (κ1) is 15.7. The monoisotopic (exact) mass is 284 g/mol. The number of rotatable bonds is 8. The van der Waals surface area contributed by atoms with Crippen molar-refractivity contribution in [3.05, 3.63) is 41.2 Å². The van der Waals surface area contributed by atoms with Gasteiger partial charge in [-0.05, 0) is 41.5 Å². The van der Waals surface area contributed by atoms with Crippen molar-refractivity contribution in [2.75, 3.05) is 19.5 Å². The molecule has 1 aromatic carbocycles. The van der Waals surface area contributed by atoms with Gasteiger partial charge in [0.1, 0.15) is 5.82 Å². The normalized spacial score (nSPS) is 11.1. The Labute approximate surface area is 116 Å². The molecule has 5 heteroatoms. The minimum absolute atomic E-state index is 0.363. The average Bonchev–Trinajstić information content (AvgIpc) is 2.38. The molecule has 0 heterocycles. The molecular weight excluding hydrogens is 267 g/mol. The second-order valence-corrected chi connectivity index (χ2v) is 5.02. The molecular formula is C14H17FO3S. The third-order valence-corrected chi connectivity index (χ3v) is 3.50. The summed E-state index contributed by atoms with van der Waals surface area (Å²) in [7, 11) is 1.67. The van der Waals surface area contributed by atoms with E-state index >= 15 is 0 Å². The highest BCUT2D eigenvalue weighted by Gasteiger charge is 2.03. The molecule has 1 N–H and O–H groups in total. The first-order valence-electron chi connectivity index (χ1n) is 5.89. The Morgan fingerprint density at radius 1 is 1.53 bits per heavy atom. The van der Waals surface area contributed by atoms with Crippen molar-refractivity contribution >= 4 is 23.8 Å². The van der Waals surface area contributed by atoms with Crippen LogP contribution in [0.1, 0.15) is 17.5 Å². The first-order chi connectivity index (χ1) is 9.13. The lowest BCUT2D eigenvalue weighted by atomic mass is 10.1. The number of carboxylic acid groups (broad SMARTS) is 1. The molecule has 0 atom stereocenters. The van der Waals surface area contributed by atoms with Crippen molar-refractivity contribution < 1.29 is 19.0 Å². The summed E-state index contributed by atoms with van der Waals surface area (Å²) in [6, 6.07) is 4.44. The highest BCUT2D eigenvalue weighted by atomic mass is 32.2. The van der Waals surface area contributed by atoms with Crippen LogP contribution < -0.4 is 0 Å². The minimum Gasteiger partial charge on any atom is -0.478 e. The van der Waals surface area contributed by atoms with E-state index in [4.69, 9.17) is 9.84 Å². The van der Waals surface area contributed by atoms with E-state index in [1.807, 2.05) is 0 Å². The van der Waals surface area contributed by atoms with E-state index in [0.717, 1.165) is 36.2 Å². The Morgan fingerprint density at radius 3 is 3.00 bits per heavy atom. The quantitative estimate of drug-likeness (QED) is 0.588. The first-order valence-corrected chi connectivity index (χ1v) is 7.05. The molecule has 0 radical (unpaired) electrons. The number of benzene rings is 1. The highest BCUT2D eigenvalue weighted by Crippen LogP contribution is 2.19. The summed E-state index contributed by atoms with van der Waals surface area (Å²) in [5.74, 6) is 0.275. The van der Waals surface area contributed by atoms with Gasteiger partial charge >= 0.3 is 5.97 Å². The van der Waals surface area contributed by atoms with Crippen LogP contribution in [-0.4, -0.2) is 30.5 Å². The molecule has 0 amide bonds. The van der Waals surface area contributed by atoms with Gasteiger partial charge in [0.05, 0.1) is 0 Å². The molecule has 0 fully saturated rings. The van der Waals surface area contributed by atoms with E-state index in [9.17, 15) is 9.18 Å². The fourth-order valence-electron chi connectivity index (χ4n) is 1.50. The van der Waals surface area contributed by atoms with Crippen LogP contribution in [0.15, 0.2) is 24.3 Å². The van der Waals surface area contributed by atoms with Gasteiger partial charge < -0.3 is 9.84 Å². The largest absolute Gasteiger partial charge is 0.478 e. The summed E-state index contributed by atoms with van der Waals surface area (Å²) < 4.78 is 18.1. The van der Waals surface area contributed by atoms with E-state index in [1.165, 1.54) is 18.2 Å². The van der Waals surface area contributed by atoms with Gasteiger partial charge in [0.25, 0.3) is 0 Å². The van der Waals surface area contributed by atoms with Crippen molar-refractivity contribution in [1.82, 2.24) is 0 Å². The van der Waals surface area contributed by atoms with Gasteiger partial charge in [0, 0.05) is 25.5 Å². The summed E-state index contributed by atoms with van der Waals surface area (Å²) in [6.45, 7) is 0.724. The van der Waals surface area contributed by atoms with Crippen LogP contribution in [0.2, 0.25) is 0 Å². The molecule has 1 aromatic rings. The topological polar surface area (TPSA) is 46.5 Å². The second-order valence-electron chi connectivity index (χ2n) is 3.91. The Hall–Kier alpha value is -1.33. The van der Waals surface area contributed by atoms with Gasteiger partial charge in [0.2, 0.25) is 0 Å². The molecule has 0 aliphatic heterocycles. The summed E-state index contributed by atoms with van der Waals surface area (Å²) in [6.07, 6.45) is 3.41. The maximum Gasteiger partial charge on any atom is 0.328 e. The number of hydrogen-bond acceptors (Lipinski definition) is 3. The lowest BCUT2D eigenvalue weighted by molar-refractivity contribution is -0.131. The Bertz CT molecular complexity index is 446. The standard InChI is InChI=1S/C14H17FO3S/c1-18-7-2-8-19-10-12-3-5-13(15)9-11(12)4-6-14(16)17/h3-6,9H,2,7-8,10H2,1H3,(H,16,17). The Morgan fingerprint density at radius 2 is 2.32 bits per heavy atom. The highest BCUT2D eigenvalue weighted by molar-refractivity contribution is 7.98. The number of halogens is 1. The fraction of sp³-hybridized carbons (Fsp3) is 0.357. The van der Waals surface area contributed by atoms with Crippen molar-refractivity contribution in [1.29, 1.82) is 0 Å². The molecule has 0 aliphatic rings. The van der Waals surface area contributed by atoms with Crippen LogP contribution in [0.4, 0.5) is 4.39 Å². The predicted octanol–water partition coefficient (Wildman–Crippen LogP) is 3.19. The zero-order valence-corrected chi connectivity index (χ0v) is 11.6. The van der Waals surface area contributed by atoms with Gasteiger partial charge in [-0.3, -0.25) is 0 Å². The van der Waals surface area contributed by atoms with Crippen LogP contribution in [0.3, 0.4) is 0 Å². The Balaban J connectivity index is 2.63. The smallest absolute Gasteiger partial charge is 0.328 e. The van der Waals surface area contributed by atoms with Crippen molar-refractivity contribution in [2.24, 2.45) is 0 Å². The maximum absolute atomic E-state index is 13.2. The lowest BCUT2D eigenvalue weighted by Crippen LogP contribution is -1.94. The third kappa shape index (κ3) is 6.40. The number of hydrogen-bond donors (Lipinski definition) is 1. The molecule has 0 saturated heterocycles. The Kier molecular flexibility index (Phi) is 7.22. The van der Waals surface area contributed by atoms with Gasteiger partial charge in [-0.25, -0.2) is 9.18 Å². The molecule has 0 bridgehead atoms. The zero-order chi connectivity index (χ0) is 14.1. The number of methoxy groups -OCH3 is 1. The summed E-state index contributed by atoms with van der Waals surface area (Å²) in [4.78, 5) is 10.5. The SMILES string of the molecule is COCCCSCc1ccc(F)cc1C=CC(=O)O. The van der Waals surface area contributed by atoms with Crippen LogP contribution >= 0.6 is 11.8 Å². The number of carbonyl (C=O) groups is 1. The fourth-order valence-corrected chi connectivity index (χ4v) is 2.45. The van der Waals surface area contributed by atoms with Gasteiger partial charge in [-0.1, -0.05) is 6.07 Å². The molecule has 0 saturated carbocycles. The lowest BCUT2D eigenvalue weighted by Gasteiger charge is -2.06. The van der Waals surface area contributed by atoms with E-state index < -0.39 is 5.97 Å². The number of carboxylic acids is 1. The molecule has 1 rings (SSSR count). The number of ether oxygens (including phenoxy) is 1. The van der Waals surface area contributed by atoms with Crippen LogP contribution in [0.25, 0.3) is 6.08 Å². The molecule has 0 unspecified atom stereocenters. The van der Waals surface area contributed by atoms with Crippen molar-refractivity contribution in [3.63, 3.8) is 0 Å². The number of aliphatic carboxylic acids is 1. The molecule has 0 aromatic heterocycles. The maximum atomic E-state index is 13.2. The van der Waals surface area contributed by atoms with Crippen molar-refractivity contribution in [3.8, 4) is 0 Å². The predicted molar refractivity (Wildman–Crippen MR) is 75.7 cm³/mol. The molecule has 0 aliphatic carbocycles. The summed E-state index contributed by atoms with van der Waals surface area (Å²) in [5.41, 5.74) is 1.54. The van der Waals surface area contributed by atoms with Crippen LogP contribution in [0.5, 0.6) is 0 Å². The van der Waals surface area contributed by atoms with Gasteiger partial charge in [-0.15, -0.1) is 0 Å². The molecule has 0 spiro atoms. The molecule has 3 nitrogen and oxygen atoms in total. The van der Waals surface area contributed by atoms with Crippen molar-refractivity contribution in [2.45, 2.75) is 12.2 Å². The van der Waals surface area contributed by atoms with E-state index in [1.54, 1.807) is 24.9 Å².